The Morgan fingerprint density at radius 3 is 2.47 bits per heavy atom. The van der Waals surface area contributed by atoms with Gasteiger partial charge in [-0.1, -0.05) is 24.6 Å². The number of aryl methyl sites for hydroxylation is 1. The fourth-order valence-electron chi connectivity index (χ4n) is 5.09. The number of nitrogens with zero attached hydrogens (tertiary/aromatic N) is 4. The molecule has 1 unspecified atom stereocenters. The standard InChI is InChI=1S/C24H23F3N4O/c1-23(15-6-3-7-15,22-29-28-14-30(22)2)16-8-4-9-17(12-16)31-13-19-18(21(31)32)10-5-11-20(19)24(25,26)27/h4-5,8-12,14-15H,3,6-7,13H2,1-2H3. The molecule has 0 N–H and O–H groups in total. The molecule has 2 aromatic carbocycles. The summed E-state index contributed by atoms with van der Waals surface area (Å²) in [6, 6.07) is 11.4. The number of aromatic nitrogens is 3. The first kappa shape index (κ1) is 20.7. The number of carbonyl (C=O) groups is 1. The Bertz CT molecular complexity index is 1200. The van der Waals surface area contributed by atoms with Gasteiger partial charge in [-0.15, -0.1) is 10.2 Å². The van der Waals surface area contributed by atoms with Crippen molar-refractivity contribution in [3.63, 3.8) is 0 Å². The highest BCUT2D eigenvalue weighted by atomic mass is 19.4. The number of alkyl halides is 3. The molecule has 1 atom stereocenters. The van der Waals surface area contributed by atoms with E-state index >= 15 is 0 Å². The van der Waals surface area contributed by atoms with Gasteiger partial charge in [-0.05, 0) is 61.1 Å². The third-order valence-corrected chi connectivity index (χ3v) is 7.13. The van der Waals surface area contributed by atoms with Gasteiger partial charge in [0.25, 0.3) is 5.91 Å². The second-order valence-electron chi connectivity index (χ2n) is 8.87. The zero-order chi connectivity index (χ0) is 22.7. The van der Waals surface area contributed by atoms with E-state index in [1.54, 1.807) is 12.4 Å². The van der Waals surface area contributed by atoms with E-state index in [4.69, 9.17) is 0 Å². The maximum absolute atomic E-state index is 13.5. The molecule has 1 aromatic heterocycles. The SMILES string of the molecule is Cn1cnnc1C(C)(c1cccc(N2Cc3c(cccc3C(F)(F)F)C2=O)c1)C1CCC1. The summed E-state index contributed by atoms with van der Waals surface area (Å²) in [5, 5.41) is 8.46. The van der Waals surface area contributed by atoms with Gasteiger partial charge in [0.2, 0.25) is 0 Å². The molecule has 1 fully saturated rings. The first-order valence-corrected chi connectivity index (χ1v) is 10.7. The lowest BCUT2D eigenvalue weighted by Gasteiger charge is -2.42. The van der Waals surface area contributed by atoms with Crippen molar-refractivity contribution in [1.82, 2.24) is 14.8 Å². The van der Waals surface area contributed by atoms with E-state index in [2.05, 4.69) is 17.1 Å². The van der Waals surface area contributed by atoms with Crippen molar-refractivity contribution in [2.45, 2.75) is 44.3 Å². The molecule has 8 heteroatoms. The number of anilines is 1. The average molecular weight is 440 g/mol. The molecule has 3 aromatic rings. The van der Waals surface area contributed by atoms with Gasteiger partial charge in [-0.3, -0.25) is 4.79 Å². The molecule has 0 bridgehead atoms. The third-order valence-electron chi connectivity index (χ3n) is 7.13. The lowest BCUT2D eigenvalue weighted by molar-refractivity contribution is -0.138. The Morgan fingerprint density at radius 1 is 1.09 bits per heavy atom. The van der Waals surface area contributed by atoms with E-state index in [-0.39, 0.29) is 17.7 Å². The maximum Gasteiger partial charge on any atom is 0.416 e. The summed E-state index contributed by atoms with van der Waals surface area (Å²) in [6.07, 6.45) is 0.456. The second-order valence-corrected chi connectivity index (χ2v) is 8.87. The lowest BCUT2D eigenvalue weighted by Crippen LogP contribution is -2.40. The Morgan fingerprint density at radius 2 is 1.84 bits per heavy atom. The normalized spacial score (nSPS) is 18.4. The highest BCUT2D eigenvalue weighted by Gasteiger charge is 2.45. The van der Waals surface area contributed by atoms with Crippen LogP contribution in [-0.2, 0) is 25.2 Å². The van der Waals surface area contributed by atoms with Gasteiger partial charge in [0.1, 0.15) is 12.2 Å². The molecule has 166 valence electrons. The summed E-state index contributed by atoms with van der Waals surface area (Å²) in [5.41, 5.74) is 0.554. The molecule has 0 spiro atoms. The van der Waals surface area contributed by atoms with Gasteiger partial charge in [-0.2, -0.15) is 13.2 Å². The zero-order valence-corrected chi connectivity index (χ0v) is 17.9. The van der Waals surface area contributed by atoms with Crippen molar-refractivity contribution in [1.29, 1.82) is 0 Å². The van der Waals surface area contributed by atoms with E-state index in [1.165, 1.54) is 17.0 Å². The Kier molecular flexibility index (Phi) is 4.65. The first-order valence-electron chi connectivity index (χ1n) is 10.7. The van der Waals surface area contributed by atoms with Crippen molar-refractivity contribution < 1.29 is 18.0 Å². The van der Waals surface area contributed by atoms with Crippen LogP contribution < -0.4 is 4.90 Å². The second kappa shape index (κ2) is 7.18. The summed E-state index contributed by atoms with van der Waals surface area (Å²) >= 11 is 0. The molecule has 1 aliphatic carbocycles. The number of carbonyl (C=O) groups excluding carboxylic acids is 1. The summed E-state index contributed by atoms with van der Waals surface area (Å²) in [7, 11) is 1.91. The minimum absolute atomic E-state index is 0.0328. The van der Waals surface area contributed by atoms with Crippen LogP contribution in [0.2, 0.25) is 0 Å². The summed E-state index contributed by atoms with van der Waals surface area (Å²) < 4.78 is 42.4. The van der Waals surface area contributed by atoms with E-state index in [9.17, 15) is 18.0 Å². The summed E-state index contributed by atoms with van der Waals surface area (Å²) in [6.45, 7) is 2.04. The summed E-state index contributed by atoms with van der Waals surface area (Å²) in [4.78, 5) is 14.5. The van der Waals surface area contributed by atoms with E-state index in [1.807, 2.05) is 29.8 Å². The molecule has 1 aliphatic heterocycles. The Balaban J connectivity index is 1.56. The predicted molar refractivity (Wildman–Crippen MR) is 113 cm³/mol. The smallest absolute Gasteiger partial charge is 0.320 e. The monoisotopic (exact) mass is 440 g/mol. The van der Waals surface area contributed by atoms with Gasteiger partial charge in [-0.25, -0.2) is 0 Å². The molecular formula is C24H23F3N4O. The first-order chi connectivity index (χ1) is 15.2. The van der Waals surface area contributed by atoms with Crippen LogP contribution in [-0.4, -0.2) is 20.7 Å². The Hall–Kier alpha value is -3.16. The number of halogens is 3. The molecule has 0 saturated heterocycles. The zero-order valence-electron chi connectivity index (χ0n) is 17.9. The number of benzene rings is 2. The van der Waals surface area contributed by atoms with Crippen molar-refractivity contribution in [2.75, 3.05) is 4.90 Å². The number of hydrogen-bond acceptors (Lipinski definition) is 3. The van der Waals surface area contributed by atoms with Crippen molar-refractivity contribution in [2.24, 2.45) is 13.0 Å². The Labute approximate surface area is 183 Å². The molecule has 0 radical (unpaired) electrons. The van der Waals surface area contributed by atoms with Crippen LogP contribution in [0.3, 0.4) is 0 Å². The molecule has 5 nitrogen and oxygen atoms in total. The molecule has 2 heterocycles. The van der Waals surface area contributed by atoms with Crippen molar-refractivity contribution in [3.05, 3.63) is 76.9 Å². The molecule has 2 aliphatic rings. The fraction of sp³-hybridized carbons (Fsp3) is 0.375. The van der Waals surface area contributed by atoms with E-state index < -0.39 is 23.1 Å². The van der Waals surface area contributed by atoms with Gasteiger partial charge in [0, 0.05) is 18.3 Å². The average Bonchev–Trinajstić information content (AvgIpc) is 3.29. The van der Waals surface area contributed by atoms with Crippen LogP contribution in [0.15, 0.2) is 48.8 Å². The van der Waals surface area contributed by atoms with Crippen LogP contribution in [0.25, 0.3) is 0 Å². The minimum Gasteiger partial charge on any atom is -0.320 e. The maximum atomic E-state index is 13.5. The van der Waals surface area contributed by atoms with E-state index in [0.29, 0.717) is 11.6 Å². The predicted octanol–water partition coefficient (Wildman–Crippen LogP) is 5.10. The highest BCUT2D eigenvalue weighted by molar-refractivity contribution is 6.10. The fourth-order valence-corrected chi connectivity index (χ4v) is 5.09. The molecule has 32 heavy (non-hydrogen) atoms. The molecule has 5 rings (SSSR count). The van der Waals surface area contributed by atoms with E-state index in [0.717, 1.165) is 36.7 Å². The van der Waals surface area contributed by atoms with Gasteiger partial charge in [0.05, 0.1) is 17.5 Å². The van der Waals surface area contributed by atoms with Crippen molar-refractivity contribution in [3.8, 4) is 0 Å². The number of rotatable bonds is 4. The highest BCUT2D eigenvalue weighted by Crippen LogP contribution is 2.48. The van der Waals surface area contributed by atoms with Crippen LogP contribution in [0.1, 0.15) is 59.1 Å². The molecule has 1 amide bonds. The molecular weight excluding hydrogens is 417 g/mol. The van der Waals surface area contributed by atoms with Crippen LogP contribution in [0.5, 0.6) is 0 Å². The lowest BCUT2D eigenvalue weighted by atomic mass is 9.62. The number of fused-ring (bicyclic) bond motifs is 1. The largest absolute Gasteiger partial charge is 0.416 e. The van der Waals surface area contributed by atoms with Gasteiger partial charge in [0.15, 0.2) is 0 Å². The van der Waals surface area contributed by atoms with Gasteiger partial charge >= 0.3 is 6.18 Å². The number of hydrogen-bond donors (Lipinski definition) is 0. The number of amides is 1. The topological polar surface area (TPSA) is 51.0 Å². The van der Waals surface area contributed by atoms with Crippen LogP contribution in [0, 0.1) is 5.92 Å². The van der Waals surface area contributed by atoms with Crippen LogP contribution in [0.4, 0.5) is 18.9 Å². The molecule has 1 saturated carbocycles. The minimum atomic E-state index is -4.50. The summed E-state index contributed by atoms with van der Waals surface area (Å²) in [5.74, 6) is 0.811. The van der Waals surface area contributed by atoms with Gasteiger partial charge < -0.3 is 9.47 Å². The third kappa shape index (κ3) is 3.04. The van der Waals surface area contributed by atoms with Crippen molar-refractivity contribution >= 4 is 11.6 Å². The van der Waals surface area contributed by atoms with Crippen LogP contribution >= 0.6 is 0 Å². The quantitative estimate of drug-likeness (QED) is 0.567.